The maximum atomic E-state index is 13.2. The molecule has 0 aromatic heterocycles. The predicted octanol–water partition coefficient (Wildman–Crippen LogP) is 6.21. The van der Waals surface area contributed by atoms with Gasteiger partial charge in [-0.05, 0) is 42.2 Å². The van der Waals surface area contributed by atoms with Gasteiger partial charge in [0.05, 0.1) is 15.8 Å². The molecule has 1 N–H and O–H groups in total. The number of halogens is 3. The molecule has 2 rings (SSSR count). The van der Waals surface area contributed by atoms with Gasteiger partial charge in [0.25, 0.3) is 0 Å². The number of rotatable bonds is 11. The van der Waals surface area contributed by atoms with Crippen molar-refractivity contribution >= 4 is 58.4 Å². The summed E-state index contributed by atoms with van der Waals surface area (Å²) >= 11 is 19.8. The Hall–Kier alpha value is -1.40. The Balaban J connectivity index is 2.13. The monoisotopic (exact) mass is 500 g/mol. The fraction of sp³-hybridized carbons (Fsp3) is 0.391. The number of nitrogens with zero attached hydrogens (tertiary/aromatic N) is 1. The number of amides is 2. The van der Waals surface area contributed by atoms with Crippen LogP contribution in [0.3, 0.4) is 0 Å². The Kier molecular flexibility index (Phi) is 11.0. The third-order valence-corrected chi connectivity index (χ3v) is 6.81. The molecule has 0 saturated heterocycles. The third-order valence-electron chi connectivity index (χ3n) is 4.71. The second kappa shape index (κ2) is 13.2. The Morgan fingerprint density at radius 3 is 2.42 bits per heavy atom. The minimum Gasteiger partial charge on any atom is -0.354 e. The van der Waals surface area contributed by atoms with Crippen molar-refractivity contribution in [2.24, 2.45) is 0 Å². The second-order valence-corrected chi connectivity index (χ2v) is 9.28. The fourth-order valence-corrected chi connectivity index (χ4v) is 4.44. The molecule has 168 valence electrons. The molecule has 31 heavy (non-hydrogen) atoms. The molecule has 4 nitrogen and oxygen atoms in total. The lowest BCUT2D eigenvalue weighted by Gasteiger charge is -2.31. The lowest BCUT2D eigenvalue weighted by atomic mass is 10.1. The third kappa shape index (κ3) is 7.90. The number of thioether (sulfide) groups is 1. The van der Waals surface area contributed by atoms with Crippen molar-refractivity contribution in [2.45, 2.75) is 45.0 Å². The van der Waals surface area contributed by atoms with Crippen molar-refractivity contribution in [3.05, 3.63) is 68.7 Å². The molecule has 0 spiro atoms. The number of carbonyl (C=O) groups is 2. The van der Waals surface area contributed by atoms with Crippen molar-refractivity contribution in [2.75, 3.05) is 12.3 Å². The number of hydrogen-bond donors (Lipinski definition) is 1. The van der Waals surface area contributed by atoms with Gasteiger partial charge >= 0.3 is 0 Å². The molecule has 1 atom stereocenters. The van der Waals surface area contributed by atoms with Crippen LogP contribution in [0.5, 0.6) is 0 Å². The number of nitrogens with one attached hydrogen (secondary N) is 1. The maximum absolute atomic E-state index is 13.2. The highest BCUT2D eigenvalue weighted by atomic mass is 35.5. The summed E-state index contributed by atoms with van der Waals surface area (Å²) in [5.74, 6) is 0.603. The summed E-state index contributed by atoms with van der Waals surface area (Å²) in [7, 11) is 0. The summed E-state index contributed by atoms with van der Waals surface area (Å²) in [5, 5.41) is 4.48. The molecule has 0 aliphatic heterocycles. The van der Waals surface area contributed by atoms with Crippen molar-refractivity contribution in [3.63, 3.8) is 0 Å². The summed E-state index contributed by atoms with van der Waals surface area (Å²) < 4.78 is 0. The van der Waals surface area contributed by atoms with Crippen molar-refractivity contribution in [1.82, 2.24) is 10.2 Å². The van der Waals surface area contributed by atoms with E-state index >= 15 is 0 Å². The first-order chi connectivity index (χ1) is 14.9. The van der Waals surface area contributed by atoms with Crippen molar-refractivity contribution < 1.29 is 9.59 Å². The summed E-state index contributed by atoms with van der Waals surface area (Å²) in [6, 6.07) is 12.3. The average molecular weight is 502 g/mol. The van der Waals surface area contributed by atoms with Gasteiger partial charge in [-0.3, -0.25) is 9.59 Å². The molecule has 0 bridgehead atoms. The molecule has 0 heterocycles. The lowest BCUT2D eigenvalue weighted by molar-refractivity contribution is -0.139. The van der Waals surface area contributed by atoms with Crippen LogP contribution in [0.15, 0.2) is 42.5 Å². The van der Waals surface area contributed by atoms with E-state index in [9.17, 15) is 9.59 Å². The van der Waals surface area contributed by atoms with Gasteiger partial charge < -0.3 is 10.2 Å². The Labute approximate surface area is 203 Å². The predicted molar refractivity (Wildman–Crippen MR) is 132 cm³/mol. The molecule has 0 radical (unpaired) electrons. The first kappa shape index (κ1) is 25.9. The Morgan fingerprint density at radius 2 is 1.77 bits per heavy atom. The zero-order valence-corrected chi connectivity index (χ0v) is 20.8. The van der Waals surface area contributed by atoms with E-state index in [1.54, 1.807) is 23.1 Å². The van der Waals surface area contributed by atoms with Crippen LogP contribution in [0.1, 0.15) is 37.8 Å². The summed E-state index contributed by atoms with van der Waals surface area (Å²) in [5.41, 5.74) is 1.80. The van der Waals surface area contributed by atoms with E-state index in [-0.39, 0.29) is 24.1 Å². The van der Waals surface area contributed by atoms with E-state index in [0.717, 1.165) is 17.5 Å². The zero-order valence-electron chi connectivity index (χ0n) is 17.7. The van der Waals surface area contributed by atoms with E-state index in [1.807, 2.05) is 38.1 Å². The van der Waals surface area contributed by atoms with E-state index in [1.165, 1.54) is 11.8 Å². The van der Waals surface area contributed by atoms with Crippen LogP contribution in [-0.4, -0.2) is 35.1 Å². The second-order valence-electron chi connectivity index (χ2n) is 7.07. The topological polar surface area (TPSA) is 49.4 Å². The van der Waals surface area contributed by atoms with Crippen LogP contribution in [-0.2, 0) is 21.9 Å². The van der Waals surface area contributed by atoms with Crippen LogP contribution >= 0.6 is 46.6 Å². The molecule has 0 fully saturated rings. The molecule has 0 aliphatic carbocycles. The molecular formula is C23H27Cl3N2O2S. The highest BCUT2D eigenvalue weighted by Gasteiger charge is 2.28. The van der Waals surface area contributed by atoms with Crippen molar-refractivity contribution in [1.29, 1.82) is 0 Å². The Bertz CT molecular complexity index is 895. The molecule has 1 unspecified atom stereocenters. The Morgan fingerprint density at radius 1 is 1.03 bits per heavy atom. The number of hydrogen-bond acceptors (Lipinski definition) is 3. The maximum Gasteiger partial charge on any atom is 0.242 e. The number of carbonyl (C=O) groups excluding carboxylic acids is 2. The van der Waals surface area contributed by atoms with Crippen molar-refractivity contribution in [3.8, 4) is 0 Å². The van der Waals surface area contributed by atoms with E-state index < -0.39 is 6.04 Å². The zero-order chi connectivity index (χ0) is 22.8. The van der Waals surface area contributed by atoms with Gasteiger partial charge in [0.2, 0.25) is 11.8 Å². The standard InChI is InChI=1S/C23H27Cl3N2O2S/c1-3-11-27-23(30)21(4-2)28(13-17-7-5-6-8-18(17)24)22(29)15-31-14-16-9-10-19(25)20(26)12-16/h5-10,12,21H,3-4,11,13-15H2,1-2H3,(H,27,30). The molecule has 8 heteroatoms. The van der Waals surface area contributed by atoms with Gasteiger partial charge in [-0.25, -0.2) is 0 Å². The molecule has 2 aromatic carbocycles. The van der Waals surface area contributed by atoms with Crippen LogP contribution < -0.4 is 5.32 Å². The average Bonchev–Trinajstić information content (AvgIpc) is 2.75. The smallest absolute Gasteiger partial charge is 0.242 e. The summed E-state index contributed by atoms with van der Waals surface area (Å²) in [4.78, 5) is 27.6. The van der Waals surface area contributed by atoms with Gasteiger partial charge in [0.15, 0.2) is 0 Å². The quantitative estimate of drug-likeness (QED) is 0.398. The van der Waals surface area contributed by atoms with Gasteiger partial charge in [-0.2, -0.15) is 0 Å². The van der Waals surface area contributed by atoms with Crippen LogP contribution in [0, 0.1) is 0 Å². The van der Waals surface area contributed by atoms with Crippen LogP contribution in [0.4, 0.5) is 0 Å². The van der Waals surface area contributed by atoms with Gasteiger partial charge in [0, 0.05) is 23.9 Å². The highest BCUT2D eigenvalue weighted by molar-refractivity contribution is 7.99. The molecule has 2 aromatic rings. The van der Waals surface area contributed by atoms with Gasteiger partial charge in [-0.15, -0.1) is 11.8 Å². The highest BCUT2D eigenvalue weighted by Crippen LogP contribution is 2.25. The van der Waals surface area contributed by atoms with Gasteiger partial charge in [-0.1, -0.05) is 72.9 Å². The minimum atomic E-state index is -0.555. The normalized spacial score (nSPS) is 11.8. The minimum absolute atomic E-state index is 0.108. The molecule has 0 aliphatic rings. The molecule has 0 saturated carbocycles. The summed E-state index contributed by atoms with van der Waals surface area (Å²) in [6.45, 7) is 4.76. The summed E-state index contributed by atoms with van der Waals surface area (Å²) in [6.07, 6.45) is 1.35. The van der Waals surface area contributed by atoms with Gasteiger partial charge in [0.1, 0.15) is 6.04 Å². The molecule has 2 amide bonds. The largest absolute Gasteiger partial charge is 0.354 e. The van der Waals surface area contributed by atoms with Crippen LogP contribution in [0.25, 0.3) is 0 Å². The van der Waals surface area contributed by atoms with Crippen LogP contribution in [0.2, 0.25) is 15.1 Å². The first-order valence-corrected chi connectivity index (χ1v) is 12.5. The van der Waals surface area contributed by atoms with E-state index in [4.69, 9.17) is 34.8 Å². The lowest BCUT2D eigenvalue weighted by Crippen LogP contribution is -2.49. The number of benzene rings is 2. The van der Waals surface area contributed by atoms with E-state index in [0.29, 0.717) is 33.8 Å². The SMILES string of the molecule is CCCNC(=O)C(CC)N(Cc1ccccc1Cl)C(=O)CSCc1ccc(Cl)c(Cl)c1. The first-order valence-electron chi connectivity index (χ1n) is 10.2. The molecular weight excluding hydrogens is 475 g/mol. The van der Waals surface area contributed by atoms with E-state index in [2.05, 4.69) is 5.32 Å². The fourth-order valence-electron chi connectivity index (χ4n) is 3.06.